The quantitative estimate of drug-likeness (QED) is 0.658. The third-order valence-electron chi connectivity index (χ3n) is 6.94. The molecule has 0 spiro atoms. The van der Waals surface area contributed by atoms with E-state index in [1.807, 2.05) is 10.7 Å². The smallest absolute Gasteiger partial charge is 0.256 e. The first-order valence-corrected chi connectivity index (χ1v) is 14.5. The topological polar surface area (TPSA) is 99.9 Å². The monoisotopic (exact) mass is 518 g/mol. The van der Waals surface area contributed by atoms with Gasteiger partial charge in [0.15, 0.2) is 5.82 Å². The summed E-state index contributed by atoms with van der Waals surface area (Å²) in [6.07, 6.45) is 6.12. The lowest BCUT2D eigenvalue weighted by atomic mass is 9.98. The Morgan fingerprint density at radius 3 is 2.60 bits per heavy atom. The van der Waals surface area contributed by atoms with Gasteiger partial charge in [-0.3, -0.25) is 9.52 Å². The predicted molar refractivity (Wildman–Crippen MR) is 137 cm³/mol. The number of likely N-dealkylation sites (tertiary alicyclic amines) is 2. The molecule has 35 heavy (non-hydrogen) atoms. The molecule has 0 saturated carbocycles. The summed E-state index contributed by atoms with van der Waals surface area (Å²) in [5.41, 5.74) is 1.29. The second-order valence-corrected chi connectivity index (χ2v) is 11.9. The molecular formula is C24H31ClN6O3S. The van der Waals surface area contributed by atoms with Crippen molar-refractivity contribution in [3.63, 3.8) is 0 Å². The van der Waals surface area contributed by atoms with E-state index in [1.165, 1.54) is 25.0 Å². The van der Waals surface area contributed by atoms with Gasteiger partial charge >= 0.3 is 0 Å². The van der Waals surface area contributed by atoms with Gasteiger partial charge in [-0.05, 0) is 50.3 Å². The highest BCUT2D eigenvalue weighted by Gasteiger charge is 2.34. The summed E-state index contributed by atoms with van der Waals surface area (Å²) in [4.78, 5) is 22.9. The molecule has 0 radical (unpaired) electrons. The Hall–Kier alpha value is -2.59. The molecule has 3 aliphatic rings. The third kappa shape index (κ3) is 5.04. The van der Waals surface area contributed by atoms with E-state index in [0.29, 0.717) is 11.6 Å². The lowest BCUT2D eigenvalue weighted by Gasteiger charge is -2.35. The molecule has 1 unspecified atom stereocenters. The number of amides is 1. The number of aliphatic imine (C=N–C) groups is 1. The van der Waals surface area contributed by atoms with E-state index in [-0.39, 0.29) is 29.1 Å². The van der Waals surface area contributed by atoms with Gasteiger partial charge in [-0.1, -0.05) is 18.5 Å². The highest BCUT2D eigenvalue weighted by molar-refractivity contribution is 7.92. The second kappa shape index (κ2) is 9.46. The fourth-order valence-corrected chi connectivity index (χ4v) is 6.08. The molecule has 11 heteroatoms. The van der Waals surface area contributed by atoms with Crippen molar-refractivity contribution >= 4 is 44.9 Å². The molecule has 0 aliphatic carbocycles. The number of hydrogen-bond acceptors (Lipinski definition) is 6. The maximum absolute atomic E-state index is 13.7. The van der Waals surface area contributed by atoms with Crippen LogP contribution in [0.25, 0.3) is 0 Å². The summed E-state index contributed by atoms with van der Waals surface area (Å²) in [6.45, 7) is 5.63. The molecule has 2 atom stereocenters. The van der Waals surface area contributed by atoms with E-state index >= 15 is 0 Å². The summed E-state index contributed by atoms with van der Waals surface area (Å²) < 4.78 is 28.2. The van der Waals surface area contributed by atoms with Crippen LogP contribution in [0.3, 0.4) is 0 Å². The molecule has 5 rings (SSSR count). The van der Waals surface area contributed by atoms with E-state index in [2.05, 4.69) is 16.5 Å². The van der Waals surface area contributed by atoms with E-state index < -0.39 is 10.0 Å². The van der Waals surface area contributed by atoms with Crippen molar-refractivity contribution in [3.05, 3.63) is 40.5 Å². The molecule has 4 heterocycles. The van der Waals surface area contributed by atoms with Gasteiger partial charge in [-0.15, -0.1) is 0 Å². The predicted octanol–water partition coefficient (Wildman–Crippen LogP) is 4.05. The van der Waals surface area contributed by atoms with Crippen LogP contribution in [0.5, 0.6) is 0 Å². The average molecular weight is 519 g/mol. The fraction of sp³-hybridized carbons (Fsp3) is 0.542. The first-order valence-electron chi connectivity index (χ1n) is 12.2. The van der Waals surface area contributed by atoms with Crippen molar-refractivity contribution in [1.29, 1.82) is 0 Å². The molecule has 1 aromatic heterocycles. The molecule has 1 N–H and O–H groups in total. The van der Waals surface area contributed by atoms with Crippen molar-refractivity contribution in [2.24, 2.45) is 10.9 Å². The number of amidine groups is 1. The van der Waals surface area contributed by atoms with Gasteiger partial charge in [0.05, 0.1) is 35.8 Å². The van der Waals surface area contributed by atoms with E-state index in [4.69, 9.17) is 21.7 Å². The third-order valence-corrected chi connectivity index (χ3v) is 7.76. The van der Waals surface area contributed by atoms with Crippen molar-refractivity contribution in [3.8, 4) is 0 Å². The maximum Gasteiger partial charge on any atom is 0.256 e. The minimum atomic E-state index is -3.56. The first-order chi connectivity index (χ1) is 16.7. The number of fused-ring (bicyclic) bond motifs is 1. The Bertz CT molecular complexity index is 1270. The molecule has 0 bridgehead atoms. The zero-order chi connectivity index (χ0) is 24.7. The number of benzene rings is 1. The molecule has 188 valence electrons. The van der Waals surface area contributed by atoms with Gasteiger partial charge in [0, 0.05) is 36.6 Å². The van der Waals surface area contributed by atoms with Crippen LogP contribution in [0, 0.1) is 5.92 Å². The summed E-state index contributed by atoms with van der Waals surface area (Å²) in [5.74, 6) is 1.99. The van der Waals surface area contributed by atoms with Crippen LogP contribution >= 0.6 is 11.6 Å². The van der Waals surface area contributed by atoms with Gasteiger partial charge in [-0.25, -0.2) is 18.1 Å². The largest absolute Gasteiger partial charge is 0.360 e. The number of rotatable bonds is 4. The number of aromatic nitrogens is 2. The van der Waals surface area contributed by atoms with Crippen molar-refractivity contribution in [2.45, 2.75) is 51.6 Å². The summed E-state index contributed by atoms with van der Waals surface area (Å²) in [5, 5.41) is 5.24. The second-order valence-electron chi connectivity index (χ2n) is 9.75. The average Bonchev–Trinajstić information content (AvgIpc) is 3.48. The Morgan fingerprint density at radius 2 is 1.86 bits per heavy atom. The van der Waals surface area contributed by atoms with Crippen LogP contribution in [0.4, 0.5) is 11.5 Å². The minimum absolute atomic E-state index is 0.208. The van der Waals surface area contributed by atoms with Crippen molar-refractivity contribution < 1.29 is 13.2 Å². The van der Waals surface area contributed by atoms with Gasteiger partial charge in [0.25, 0.3) is 5.91 Å². The Morgan fingerprint density at radius 1 is 1.11 bits per heavy atom. The zero-order valence-corrected chi connectivity index (χ0v) is 21.6. The first kappa shape index (κ1) is 24.1. The molecule has 2 aromatic rings. The standard InChI is InChI=1S/C24H31ClN6O3S/c1-16-15-31-22(26-23(16)29-10-5-6-11-29)14-20(27-31)21-7-3-4-12-30(21)24(32)18-13-17(25)8-9-19(18)28-35(2,33)34/h8-9,13-14,16,21,28H,3-7,10-12,15H2,1-2H3/t16?,21-/m0/s1. The number of halogens is 1. The zero-order valence-electron chi connectivity index (χ0n) is 20.1. The normalized spacial score (nSPS) is 22.7. The maximum atomic E-state index is 13.7. The van der Waals surface area contributed by atoms with Gasteiger partial charge < -0.3 is 9.80 Å². The molecule has 2 saturated heterocycles. The van der Waals surface area contributed by atoms with Crippen LogP contribution in [-0.2, 0) is 16.6 Å². The molecule has 1 aromatic carbocycles. The highest BCUT2D eigenvalue weighted by atomic mass is 35.5. The van der Waals surface area contributed by atoms with Gasteiger partial charge in [0.2, 0.25) is 10.0 Å². The van der Waals surface area contributed by atoms with Crippen LogP contribution in [0.2, 0.25) is 5.02 Å². The Labute approximate surface area is 211 Å². The molecule has 9 nitrogen and oxygen atoms in total. The van der Waals surface area contributed by atoms with E-state index in [1.54, 1.807) is 11.0 Å². The summed E-state index contributed by atoms with van der Waals surface area (Å²) >= 11 is 6.19. The number of nitrogens with one attached hydrogen (secondary N) is 1. The number of hydrogen-bond donors (Lipinski definition) is 1. The SMILES string of the molecule is CC1Cn2nc([C@@H]3CCCCN3C(=O)c3cc(Cl)ccc3NS(C)(=O)=O)cc2N=C1N1CCCC1. The Balaban J connectivity index is 1.46. The molecule has 3 aliphatic heterocycles. The van der Waals surface area contributed by atoms with Gasteiger partial charge in [-0.2, -0.15) is 5.10 Å². The number of anilines is 1. The summed E-state index contributed by atoms with van der Waals surface area (Å²) in [7, 11) is -3.56. The van der Waals surface area contributed by atoms with E-state index in [0.717, 1.165) is 62.5 Å². The lowest BCUT2D eigenvalue weighted by Crippen LogP contribution is -2.39. The summed E-state index contributed by atoms with van der Waals surface area (Å²) in [6, 6.07) is 6.42. The number of sulfonamides is 1. The van der Waals surface area contributed by atoms with Crippen molar-refractivity contribution in [1.82, 2.24) is 19.6 Å². The highest BCUT2D eigenvalue weighted by Crippen LogP contribution is 2.36. The molecular weight excluding hydrogens is 488 g/mol. The van der Waals surface area contributed by atoms with E-state index in [9.17, 15) is 13.2 Å². The number of carbonyl (C=O) groups excluding carboxylic acids is 1. The lowest BCUT2D eigenvalue weighted by molar-refractivity contribution is 0.0606. The number of nitrogens with zero attached hydrogens (tertiary/aromatic N) is 5. The van der Waals surface area contributed by atoms with Crippen LogP contribution < -0.4 is 4.72 Å². The number of piperidine rings is 1. The van der Waals surface area contributed by atoms with Crippen molar-refractivity contribution in [2.75, 3.05) is 30.6 Å². The van der Waals surface area contributed by atoms with Gasteiger partial charge in [0.1, 0.15) is 5.84 Å². The molecule has 1 amide bonds. The van der Waals surface area contributed by atoms with Crippen LogP contribution in [0.1, 0.15) is 61.1 Å². The Kier molecular flexibility index (Phi) is 6.52. The minimum Gasteiger partial charge on any atom is -0.360 e. The van der Waals surface area contributed by atoms with Crippen LogP contribution in [-0.4, -0.2) is 65.6 Å². The number of carbonyl (C=O) groups is 1. The molecule has 2 fully saturated rings. The van der Waals surface area contributed by atoms with Crippen LogP contribution in [0.15, 0.2) is 29.3 Å². The fourth-order valence-electron chi connectivity index (χ4n) is 5.33.